The van der Waals surface area contributed by atoms with Crippen molar-refractivity contribution in [3.63, 3.8) is 0 Å². The van der Waals surface area contributed by atoms with E-state index in [2.05, 4.69) is 5.32 Å². The van der Waals surface area contributed by atoms with Gasteiger partial charge in [0.15, 0.2) is 6.29 Å². The normalized spacial score (nSPS) is 11.1. The van der Waals surface area contributed by atoms with Crippen LogP contribution in [0.5, 0.6) is 0 Å². The van der Waals surface area contributed by atoms with Crippen LogP contribution in [0.2, 0.25) is 0 Å². The van der Waals surface area contributed by atoms with Gasteiger partial charge >= 0.3 is 0 Å². The van der Waals surface area contributed by atoms with Gasteiger partial charge in [-0.15, -0.1) is 0 Å². The molecule has 2 nitrogen and oxygen atoms in total. The van der Waals surface area contributed by atoms with Crippen LogP contribution in [0.1, 0.15) is 22.8 Å². The largest absolute Gasteiger partial charge is 0.388 e. The number of carbonyl (C=O) groups is 1. The lowest BCUT2D eigenvalue weighted by Crippen LogP contribution is -2.06. The van der Waals surface area contributed by atoms with Crippen molar-refractivity contribution in [3.8, 4) is 0 Å². The maximum Gasteiger partial charge on any atom is 0.150 e. The molecule has 2 heteroatoms. The molecule has 0 bridgehead atoms. The van der Waals surface area contributed by atoms with Crippen LogP contribution in [0, 0.1) is 0 Å². The zero-order chi connectivity index (χ0) is 9.68. The molecule has 13 heavy (non-hydrogen) atoms. The van der Waals surface area contributed by atoms with E-state index < -0.39 is 0 Å². The summed E-state index contributed by atoms with van der Waals surface area (Å²) in [5, 5.41) is 3.04. The van der Waals surface area contributed by atoms with Crippen LogP contribution in [0.3, 0.4) is 0 Å². The number of benzene rings is 1. The minimum Gasteiger partial charge on any atom is -0.388 e. The standard InChI is InChI=1S/C11H13NO/c1-3-11(12-2)10-7-5-4-6-9(10)8-13/h3-8,12H,1-2H3/b11-3-. The molecule has 0 unspecified atom stereocenters. The molecule has 1 aromatic rings. The minimum absolute atomic E-state index is 0.713. The monoisotopic (exact) mass is 175 g/mol. The van der Waals surface area contributed by atoms with Gasteiger partial charge in [0.05, 0.1) is 0 Å². The molecule has 0 aliphatic carbocycles. The van der Waals surface area contributed by atoms with Crippen LogP contribution in [-0.2, 0) is 0 Å². The van der Waals surface area contributed by atoms with Gasteiger partial charge in [-0.05, 0) is 6.92 Å². The Kier molecular flexibility index (Phi) is 3.26. The Balaban J connectivity index is 3.19. The minimum atomic E-state index is 0.713. The number of carbonyl (C=O) groups excluding carboxylic acids is 1. The molecule has 0 aliphatic rings. The molecule has 0 atom stereocenters. The van der Waals surface area contributed by atoms with Crippen molar-refractivity contribution in [3.05, 3.63) is 41.5 Å². The van der Waals surface area contributed by atoms with E-state index >= 15 is 0 Å². The third-order valence-corrected chi connectivity index (χ3v) is 1.94. The summed E-state index contributed by atoms with van der Waals surface area (Å²) in [5.41, 5.74) is 2.63. The average Bonchev–Trinajstić information content (AvgIpc) is 2.20. The Morgan fingerprint density at radius 1 is 1.38 bits per heavy atom. The van der Waals surface area contributed by atoms with Crippen molar-refractivity contribution in [2.45, 2.75) is 6.92 Å². The van der Waals surface area contributed by atoms with E-state index in [1.807, 2.05) is 44.3 Å². The predicted octanol–water partition coefficient (Wildman–Crippen LogP) is 2.08. The van der Waals surface area contributed by atoms with Gasteiger partial charge in [0.2, 0.25) is 0 Å². The van der Waals surface area contributed by atoms with Gasteiger partial charge in [0.1, 0.15) is 0 Å². The maximum atomic E-state index is 10.7. The van der Waals surface area contributed by atoms with Crippen molar-refractivity contribution in [2.24, 2.45) is 0 Å². The van der Waals surface area contributed by atoms with Crippen LogP contribution >= 0.6 is 0 Å². The molecule has 0 fully saturated rings. The van der Waals surface area contributed by atoms with Crippen molar-refractivity contribution in [1.82, 2.24) is 5.32 Å². The van der Waals surface area contributed by atoms with Gasteiger partial charge in [-0.25, -0.2) is 0 Å². The highest BCUT2D eigenvalue weighted by atomic mass is 16.1. The van der Waals surface area contributed by atoms with E-state index in [-0.39, 0.29) is 0 Å². The SMILES string of the molecule is C/C=C(\NC)c1ccccc1C=O. The molecule has 0 radical (unpaired) electrons. The molecular weight excluding hydrogens is 162 g/mol. The fourth-order valence-corrected chi connectivity index (χ4v) is 1.28. The van der Waals surface area contributed by atoms with E-state index in [9.17, 15) is 4.79 Å². The highest BCUT2D eigenvalue weighted by Crippen LogP contribution is 2.14. The van der Waals surface area contributed by atoms with Crippen LogP contribution in [-0.4, -0.2) is 13.3 Å². The van der Waals surface area contributed by atoms with Crippen LogP contribution in [0.15, 0.2) is 30.3 Å². The number of hydrogen-bond acceptors (Lipinski definition) is 2. The zero-order valence-corrected chi connectivity index (χ0v) is 7.87. The summed E-state index contributed by atoms with van der Waals surface area (Å²) in [6.07, 6.45) is 2.82. The first-order valence-corrected chi connectivity index (χ1v) is 4.22. The van der Waals surface area contributed by atoms with E-state index in [0.29, 0.717) is 5.56 Å². The lowest BCUT2D eigenvalue weighted by atomic mass is 10.1. The van der Waals surface area contributed by atoms with Gasteiger partial charge in [0, 0.05) is 23.9 Å². The number of rotatable bonds is 3. The summed E-state index contributed by atoms with van der Waals surface area (Å²) in [6.45, 7) is 1.94. The molecule has 0 aliphatic heterocycles. The molecule has 1 N–H and O–H groups in total. The van der Waals surface area contributed by atoms with E-state index in [0.717, 1.165) is 17.5 Å². The van der Waals surface area contributed by atoms with E-state index in [4.69, 9.17) is 0 Å². The predicted molar refractivity (Wildman–Crippen MR) is 54.5 cm³/mol. The molecule has 0 heterocycles. The molecule has 68 valence electrons. The Hall–Kier alpha value is -1.57. The summed E-state index contributed by atoms with van der Waals surface area (Å²) < 4.78 is 0. The second-order valence-electron chi connectivity index (χ2n) is 2.66. The smallest absolute Gasteiger partial charge is 0.150 e. The third kappa shape index (κ3) is 1.96. The average molecular weight is 175 g/mol. The molecule has 0 aromatic heterocycles. The fourth-order valence-electron chi connectivity index (χ4n) is 1.28. The summed E-state index contributed by atoms with van der Waals surface area (Å²) >= 11 is 0. The Morgan fingerprint density at radius 2 is 2.08 bits per heavy atom. The molecule has 0 amide bonds. The first-order chi connectivity index (χ1) is 6.33. The molecule has 1 aromatic carbocycles. The number of nitrogens with one attached hydrogen (secondary N) is 1. The highest BCUT2D eigenvalue weighted by molar-refractivity contribution is 5.84. The molecule has 0 spiro atoms. The molecule has 1 rings (SSSR count). The topological polar surface area (TPSA) is 29.1 Å². The lowest BCUT2D eigenvalue weighted by molar-refractivity contribution is 0.112. The van der Waals surface area contributed by atoms with Crippen molar-refractivity contribution >= 4 is 12.0 Å². The Labute approximate surface area is 78.3 Å². The van der Waals surface area contributed by atoms with Crippen molar-refractivity contribution < 1.29 is 4.79 Å². The van der Waals surface area contributed by atoms with E-state index in [1.165, 1.54) is 0 Å². The van der Waals surface area contributed by atoms with E-state index in [1.54, 1.807) is 0 Å². The zero-order valence-electron chi connectivity index (χ0n) is 7.87. The summed E-state index contributed by atoms with van der Waals surface area (Å²) in [4.78, 5) is 10.7. The summed E-state index contributed by atoms with van der Waals surface area (Å²) in [5.74, 6) is 0. The lowest BCUT2D eigenvalue weighted by Gasteiger charge is -2.08. The van der Waals surface area contributed by atoms with Gasteiger partial charge in [-0.2, -0.15) is 0 Å². The molecular formula is C11H13NO. The van der Waals surface area contributed by atoms with Gasteiger partial charge in [-0.3, -0.25) is 4.79 Å². The fraction of sp³-hybridized carbons (Fsp3) is 0.182. The van der Waals surface area contributed by atoms with Crippen LogP contribution in [0.25, 0.3) is 5.70 Å². The first-order valence-electron chi connectivity index (χ1n) is 4.22. The number of hydrogen-bond donors (Lipinski definition) is 1. The van der Waals surface area contributed by atoms with Crippen molar-refractivity contribution in [1.29, 1.82) is 0 Å². The second-order valence-corrected chi connectivity index (χ2v) is 2.66. The van der Waals surface area contributed by atoms with Crippen LogP contribution in [0.4, 0.5) is 0 Å². The highest BCUT2D eigenvalue weighted by Gasteiger charge is 2.02. The van der Waals surface area contributed by atoms with Gasteiger partial charge < -0.3 is 5.32 Å². The summed E-state index contributed by atoms with van der Waals surface area (Å²) in [6, 6.07) is 7.51. The van der Waals surface area contributed by atoms with Gasteiger partial charge in [-0.1, -0.05) is 30.3 Å². The number of allylic oxidation sites excluding steroid dienone is 1. The quantitative estimate of drug-likeness (QED) is 0.712. The Morgan fingerprint density at radius 3 is 2.62 bits per heavy atom. The number of aldehydes is 1. The Bertz CT molecular complexity index is 329. The first kappa shape index (κ1) is 9.52. The molecule has 0 saturated heterocycles. The molecule has 0 saturated carbocycles. The third-order valence-electron chi connectivity index (χ3n) is 1.94. The maximum absolute atomic E-state index is 10.7. The second kappa shape index (κ2) is 4.45. The van der Waals surface area contributed by atoms with Crippen LogP contribution < -0.4 is 5.32 Å². The van der Waals surface area contributed by atoms with Gasteiger partial charge in [0.25, 0.3) is 0 Å². The summed E-state index contributed by atoms with van der Waals surface area (Å²) in [7, 11) is 1.84. The van der Waals surface area contributed by atoms with Crippen molar-refractivity contribution in [2.75, 3.05) is 7.05 Å².